The molecule has 1 N–H and O–H groups in total. The number of nitrogens with zero attached hydrogens (tertiary/aromatic N) is 3. The Morgan fingerprint density at radius 3 is 3.11 bits per heavy atom. The maximum Gasteiger partial charge on any atom is 0.147 e. The van der Waals surface area contributed by atoms with E-state index in [4.69, 9.17) is 0 Å². The maximum absolute atomic E-state index is 4.40. The molecule has 94 valence electrons. The summed E-state index contributed by atoms with van der Waals surface area (Å²) in [5.74, 6) is 1.01. The second-order valence-electron chi connectivity index (χ2n) is 5.21. The first-order valence-electron chi connectivity index (χ1n) is 6.59. The molecule has 2 fully saturated rings. The van der Waals surface area contributed by atoms with Gasteiger partial charge in [0.25, 0.3) is 0 Å². The van der Waals surface area contributed by atoms with Gasteiger partial charge in [-0.3, -0.25) is 4.90 Å². The zero-order chi connectivity index (χ0) is 11.9. The number of nitrogens with one attached hydrogen (secondary N) is 1. The minimum atomic E-state index is 0.547. The van der Waals surface area contributed by atoms with Gasteiger partial charge in [-0.1, -0.05) is 0 Å². The van der Waals surface area contributed by atoms with Crippen molar-refractivity contribution in [3.63, 3.8) is 0 Å². The summed E-state index contributed by atoms with van der Waals surface area (Å²) in [5.41, 5.74) is 1.05. The Balaban J connectivity index is 1.52. The van der Waals surface area contributed by atoms with E-state index >= 15 is 0 Å². The predicted octanol–water partition coefficient (Wildman–Crippen LogP) is 2.34. The van der Waals surface area contributed by atoms with Crippen LogP contribution in [0.2, 0.25) is 0 Å². The van der Waals surface area contributed by atoms with Crippen LogP contribution in [0.4, 0.5) is 5.82 Å². The van der Waals surface area contributed by atoms with Crippen LogP contribution < -0.4 is 5.32 Å². The van der Waals surface area contributed by atoms with Crippen LogP contribution in [0.5, 0.6) is 0 Å². The molecular weight excluding hydrogens is 244 g/mol. The van der Waals surface area contributed by atoms with Crippen molar-refractivity contribution in [1.82, 2.24) is 14.9 Å². The molecule has 1 atom stereocenters. The van der Waals surface area contributed by atoms with Gasteiger partial charge in [0.15, 0.2) is 0 Å². The smallest absolute Gasteiger partial charge is 0.147 e. The first-order valence-corrected chi connectivity index (χ1v) is 7.47. The molecule has 5 heteroatoms. The summed E-state index contributed by atoms with van der Waals surface area (Å²) in [7, 11) is 0. The summed E-state index contributed by atoms with van der Waals surface area (Å²) >= 11 is 1.72. The number of hydrogen-bond donors (Lipinski definition) is 1. The van der Waals surface area contributed by atoms with E-state index in [0.29, 0.717) is 6.04 Å². The van der Waals surface area contributed by atoms with Crippen molar-refractivity contribution in [3.05, 3.63) is 17.8 Å². The van der Waals surface area contributed by atoms with E-state index in [1.54, 1.807) is 17.7 Å². The summed E-state index contributed by atoms with van der Waals surface area (Å²) < 4.78 is 1.18. The van der Waals surface area contributed by atoms with Gasteiger partial charge in [0.1, 0.15) is 12.1 Å². The number of aromatic nitrogens is 2. The highest BCUT2D eigenvalue weighted by Gasteiger charge is 2.34. The average Bonchev–Trinajstić information content (AvgIpc) is 2.94. The molecule has 18 heavy (non-hydrogen) atoms. The van der Waals surface area contributed by atoms with E-state index in [-0.39, 0.29) is 0 Å². The van der Waals surface area contributed by atoms with Gasteiger partial charge < -0.3 is 5.32 Å². The number of thiophene rings is 1. The standard InChI is InChI=1S/C13H16N4S/c1-2-10(1)17-5-3-9(7-17)16-13-12-11(4-6-18-12)14-8-15-13/h4,6,8-10H,1-3,5,7H2,(H,14,15,16)/t9-/m0/s1. The topological polar surface area (TPSA) is 41.1 Å². The molecule has 4 rings (SSSR count). The Kier molecular flexibility index (Phi) is 2.48. The molecule has 1 aliphatic carbocycles. The third-order valence-electron chi connectivity index (χ3n) is 3.87. The Bertz CT molecular complexity index is 563. The van der Waals surface area contributed by atoms with Crippen molar-refractivity contribution < 1.29 is 0 Å². The molecule has 0 unspecified atom stereocenters. The van der Waals surface area contributed by atoms with Crippen molar-refractivity contribution in [3.8, 4) is 0 Å². The zero-order valence-corrected chi connectivity index (χ0v) is 11.0. The van der Waals surface area contributed by atoms with Crippen LogP contribution in [0.1, 0.15) is 19.3 Å². The van der Waals surface area contributed by atoms with Crippen LogP contribution in [0.3, 0.4) is 0 Å². The number of rotatable bonds is 3. The number of hydrogen-bond acceptors (Lipinski definition) is 5. The van der Waals surface area contributed by atoms with Crippen LogP contribution in [-0.2, 0) is 0 Å². The van der Waals surface area contributed by atoms with Gasteiger partial charge in [0.2, 0.25) is 0 Å². The molecule has 0 spiro atoms. The molecule has 4 nitrogen and oxygen atoms in total. The van der Waals surface area contributed by atoms with Gasteiger partial charge in [-0.25, -0.2) is 9.97 Å². The highest BCUT2D eigenvalue weighted by Crippen LogP contribution is 2.31. The Morgan fingerprint density at radius 1 is 1.28 bits per heavy atom. The summed E-state index contributed by atoms with van der Waals surface area (Å²) in [6, 6.07) is 3.48. The van der Waals surface area contributed by atoms with Gasteiger partial charge in [0.05, 0.1) is 10.2 Å². The Hall–Kier alpha value is -1.20. The van der Waals surface area contributed by atoms with Gasteiger partial charge >= 0.3 is 0 Å². The van der Waals surface area contributed by atoms with Crippen LogP contribution >= 0.6 is 11.3 Å². The molecule has 0 radical (unpaired) electrons. The minimum Gasteiger partial charge on any atom is -0.365 e. The first-order chi connectivity index (χ1) is 8.90. The van der Waals surface area contributed by atoms with Gasteiger partial charge in [-0.05, 0) is 30.7 Å². The van der Waals surface area contributed by atoms with Crippen LogP contribution in [0, 0.1) is 0 Å². The molecule has 1 saturated carbocycles. The molecule has 1 aliphatic heterocycles. The summed E-state index contributed by atoms with van der Waals surface area (Å²) in [6.45, 7) is 2.41. The quantitative estimate of drug-likeness (QED) is 0.919. The minimum absolute atomic E-state index is 0.547. The second-order valence-corrected chi connectivity index (χ2v) is 6.13. The summed E-state index contributed by atoms with van der Waals surface area (Å²) in [5, 5.41) is 5.68. The maximum atomic E-state index is 4.40. The molecule has 1 saturated heterocycles. The fourth-order valence-corrected chi connectivity index (χ4v) is 3.56. The molecule has 2 aromatic rings. The highest BCUT2D eigenvalue weighted by molar-refractivity contribution is 7.17. The van der Waals surface area contributed by atoms with Gasteiger partial charge in [-0.2, -0.15) is 0 Å². The molecule has 2 aromatic heterocycles. The average molecular weight is 260 g/mol. The fourth-order valence-electron chi connectivity index (χ4n) is 2.76. The molecule has 0 bridgehead atoms. The van der Waals surface area contributed by atoms with Crippen molar-refractivity contribution in [2.24, 2.45) is 0 Å². The lowest BCUT2D eigenvalue weighted by molar-refractivity contribution is 0.326. The van der Waals surface area contributed by atoms with E-state index in [1.165, 1.54) is 37.1 Å². The molecule has 0 aromatic carbocycles. The zero-order valence-electron chi connectivity index (χ0n) is 10.2. The summed E-state index contributed by atoms with van der Waals surface area (Å²) in [6.07, 6.45) is 5.68. The van der Waals surface area contributed by atoms with Gasteiger partial charge in [0, 0.05) is 25.2 Å². The SMILES string of the molecule is c1nc(N[C@H]2CCN(C3CC3)C2)c2sccc2n1. The fraction of sp³-hybridized carbons (Fsp3) is 0.538. The highest BCUT2D eigenvalue weighted by atomic mass is 32.1. The monoisotopic (exact) mass is 260 g/mol. The molecular formula is C13H16N4S. The number of anilines is 1. The normalized spacial score (nSPS) is 24.8. The van der Waals surface area contributed by atoms with E-state index in [1.807, 2.05) is 0 Å². The van der Waals surface area contributed by atoms with Gasteiger partial charge in [-0.15, -0.1) is 11.3 Å². The summed E-state index contributed by atoms with van der Waals surface area (Å²) in [4.78, 5) is 11.3. The van der Waals surface area contributed by atoms with Crippen molar-refractivity contribution in [2.75, 3.05) is 18.4 Å². The predicted molar refractivity (Wildman–Crippen MR) is 74.0 cm³/mol. The third kappa shape index (κ3) is 1.87. The molecule has 0 amide bonds. The first kappa shape index (κ1) is 10.7. The Morgan fingerprint density at radius 2 is 2.22 bits per heavy atom. The second kappa shape index (κ2) is 4.17. The third-order valence-corrected chi connectivity index (χ3v) is 4.78. The molecule has 2 aliphatic rings. The van der Waals surface area contributed by atoms with Crippen LogP contribution in [-0.4, -0.2) is 40.0 Å². The largest absolute Gasteiger partial charge is 0.365 e. The van der Waals surface area contributed by atoms with Crippen LogP contribution in [0.25, 0.3) is 10.2 Å². The number of fused-ring (bicyclic) bond motifs is 1. The number of likely N-dealkylation sites (tertiary alicyclic amines) is 1. The van der Waals surface area contributed by atoms with E-state index in [0.717, 1.165) is 17.4 Å². The molecule has 3 heterocycles. The lowest BCUT2D eigenvalue weighted by Crippen LogP contribution is -2.28. The lowest BCUT2D eigenvalue weighted by Gasteiger charge is -2.16. The van der Waals surface area contributed by atoms with Crippen molar-refractivity contribution in [1.29, 1.82) is 0 Å². The van der Waals surface area contributed by atoms with Crippen molar-refractivity contribution in [2.45, 2.75) is 31.3 Å². The van der Waals surface area contributed by atoms with E-state index in [9.17, 15) is 0 Å². The Labute approximate surface area is 110 Å². The lowest BCUT2D eigenvalue weighted by atomic mass is 10.2. The van der Waals surface area contributed by atoms with Crippen LogP contribution in [0.15, 0.2) is 17.8 Å². The van der Waals surface area contributed by atoms with E-state index < -0.39 is 0 Å². The van der Waals surface area contributed by atoms with E-state index in [2.05, 4.69) is 31.6 Å². The van der Waals surface area contributed by atoms with Crippen molar-refractivity contribution >= 4 is 27.4 Å².